The minimum atomic E-state index is -0.199. The number of carbonyl (C=O) groups is 1. The van der Waals surface area contributed by atoms with Crippen LogP contribution in [-0.4, -0.2) is 36.9 Å². The zero-order valence-corrected chi connectivity index (χ0v) is 14.4. The van der Waals surface area contributed by atoms with Crippen LogP contribution in [0.2, 0.25) is 0 Å². The van der Waals surface area contributed by atoms with Crippen molar-refractivity contribution in [2.45, 2.75) is 52.2 Å². The molecule has 1 aromatic rings. The molecule has 0 aromatic carbocycles. The molecule has 0 bridgehead atoms. The molecule has 6 nitrogen and oxygen atoms in total. The monoisotopic (exact) mass is 321 g/mol. The molecule has 2 unspecified atom stereocenters. The Morgan fingerprint density at radius 3 is 2.91 bits per heavy atom. The maximum atomic E-state index is 12.2. The van der Waals surface area contributed by atoms with E-state index in [0.717, 1.165) is 25.0 Å². The molecule has 0 aliphatic carbocycles. The molecule has 1 fully saturated rings. The van der Waals surface area contributed by atoms with Crippen molar-refractivity contribution in [2.24, 2.45) is 5.92 Å². The number of rotatable bonds is 5. The number of hydrogen-bond acceptors (Lipinski definition) is 4. The predicted octanol–water partition coefficient (Wildman–Crippen LogP) is 3.11. The number of carbonyl (C=O) groups excluding carboxylic acids is 1. The van der Waals surface area contributed by atoms with E-state index in [1.54, 1.807) is 19.2 Å². The third-order valence-electron chi connectivity index (χ3n) is 3.95. The van der Waals surface area contributed by atoms with Crippen LogP contribution in [0.15, 0.2) is 12.1 Å². The first-order valence-electron chi connectivity index (χ1n) is 8.18. The van der Waals surface area contributed by atoms with Gasteiger partial charge in [-0.2, -0.15) is 0 Å². The van der Waals surface area contributed by atoms with Gasteiger partial charge < -0.3 is 20.1 Å². The fourth-order valence-corrected chi connectivity index (χ4v) is 2.83. The van der Waals surface area contributed by atoms with Crippen LogP contribution in [0, 0.1) is 12.8 Å². The number of anilines is 1. The van der Waals surface area contributed by atoms with Gasteiger partial charge in [-0.25, -0.2) is 9.78 Å². The van der Waals surface area contributed by atoms with Gasteiger partial charge in [-0.3, -0.25) is 0 Å². The minimum absolute atomic E-state index is 0.152. The van der Waals surface area contributed by atoms with Gasteiger partial charge in [-0.1, -0.05) is 13.8 Å². The molecule has 1 aliphatic rings. The van der Waals surface area contributed by atoms with Crippen LogP contribution in [0.5, 0.6) is 5.88 Å². The second kappa shape index (κ2) is 8.15. The van der Waals surface area contributed by atoms with E-state index in [-0.39, 0.29) is 18.2 Å². The molecule has 2 heterocycles. The number of pyridine rings is 1. The summed E-state index contributed by atoms with van der Waals surface area (Å²) in [6, 6.07) is 3.48. The van der Waals surface area contributed by atoms with Crippen molar-refractivity contribution in [2.75, 3.05) is 19.0 Å². The summed E-state index contributed by atoms with van der Waals surface area (Å²) in [7, 11) is 1.57. The smallest absolute Gasteiger partial charge is 0.319 e. The molecular formula is C17H27N3O3. The van der Waals surface area contributed by atoms with Gasteiger partial charge in [-0.05, 0) is 38.2 Å². The van der Waals surface area contributed by atoms with E-state index in [1.807, 2.05) is 6.92 Å². The quantitative estimate of drug-likeness (QED) is 0.874. The molecule has 1 aliphatic heterocycles. The highest BCUT2D eigenvalue weighted by atomic mass is 16.5. The van der Waals surface area contributed by atoms with Crippen LogP contribution in [0.1, 0.15) is 38.8 Å². The lowest BCUT2D eigenvalue weighted by atomic mass is 9.96. The Hall–Kier alpha value is -1.82. The second-order valence-corrected chi connectivity index (χ2v) is 6.43. The van der Waals surface area contributed by atoms with Gasteiger partial charge in [0, 0.05) is 18.7 Å². The third kappa shape index (κ3) is 5.39. The van der Waals surface area contributed by atoms with E-state index in [4.69, 9.17) is 9.47 Å². The van der Waals surface area contributed by atoms with Gasteiger partial charge in [0.25, 0.3) is 0 Å². The number of methoxy groups -OCH3 is 1. The number of nitrogens with one attached hydrogen (secondary N) is 2. The number of urea groups is 1. The van der Waals surface area contributed by atoms with Gasteiger partial charge in [0.1, 0.15) is 0 Å². The van der Waals surface area contributed by atoms with E-state index >= 15 is 0 Å². The first kappa shape index (κ1) is 17.5. The topological polar surface area (TPSA) is 72.5 Å². The lowest BCUT2D eigenvalue weighted by Crippen LogP contribution is -2.44. The van der Waals surface area contributed by atoms with Crippen LogP contribution in [0.3, 0.4) is 0 Å². The van der Waals surface area contributed by atoms with E-state index in [0.29, 0.717) is 24.1 Å². The Kier molecular flexibility index (Phi) is 6.21. The fraction of sp³-hybridized carbons (Fsp3) is 0.647. The number of aromatic nitrogens is 1. The minimum Gasteiger partial charge on any atom is -0.481 e. The summed E-state index contributed by atoms with van der Waals surface area (Å²) in [5, 5.41) is 5.89. The van der Waals surface area contributed by atoms with Crippen LogP contribution in [0.4, 0.5) is 10.5 Å². The van der Waals surface area contributed by atoms with E-state index < -0.39 is 0 Å². The Bertz CT molecular complexity index is 534. The van der Waals surface area contributed by atoms with Crippen molar-refractivity contribution in [3.63, 3.8) is 0 Å². The maximum Gasteiger partial charge on any atom is 0.319 e. The average molecular weight is 321 g/mol. The van der Waals surface area contributed by atoms with Gasteiger partial charge in [-0.15, -0.1) is 0 Å². The summed E-state index contributed by atoms with van der Waals surface area (Å²) in [5.74, 6) is 1.13. The number of hydrogen-bond donors (Lipinski definition) is 2. The lowest BCUT2D eigenvalue weighted by molar-refractivity contribution is -0.00717. The van der Waals surface area contributed by atoms with Crippen molar-refractivity contribution in [1.82, 2.24) is 10.3 Å². The van der Waals surface area contributed by atoms with Crippen molar-refractivity contribution in [3.05, 3.63) is 17.8 Å². The standard InChI is InChI=1S/C17H27N3O3/c1-11(2)9-14-10-13(7-8-23-14)19-17(21)20-15-5-6-16(22-4)18-12(15)3/h5-6,11,13-14H,7-10H2,1-4H3,(H2,19,20,21). The van der Waals surface area contributed by atoms with Crippen molar-refractivity contribution in [1.29, 1.82) is 0 Å². The van der Waals surface area contributed by atoms with Crippen LogP contribution in [-0.2, 0) is 4.74 Å². The number of amides is 2. The summed E-state index contributed by atoms with van der Waals surface area (Å²) < 4.78 is 10.8. The van der Waals surface area contributed by atoms with E-state index in [1.165, 1.54) is 0 Å². The molecule has 128 valence electrons. The highest BCUT2D eigenvalue weighted by Crippen LogP contribution is 2.21. The zero-order chi connectivity index (χ0) is 16.8. The Morgan fingerprint density at radius 2 is 2.26 bits per heavy atom. The number of ether oxygens (including phenoxy) is 2. The van der Waals surface area contributed by atoms with Crippen LogP contribution < -0.4 is 15.4 Å². The van der Waals surface area contributed by atoms with Gasteiger partial charge in [0.05, 0.1) is 24.6 Å². The first-order valence-corrected chi connectivity index (χ1v) is 8.18. The molecular weight excluding hydrogens is 294 g/mol. The van der Waals surface area contributed by atoms with Crippen LogP contribution >= 0.6 is 0 Å². The van der Waals surface area contributed by atoms with Gasteiger partial charge in [0.2, 0.25) is 5.88 Å². The first-order chi connectivity index (χ1) is 11.0. The summed E-state index contributed by atoms with van der Waals surface area (Å²) in [4.78, 5) is 16.4. The van der Waals surface area contributed by atoms with Gasteiger partial charge >= 0.3 is 6.03 Å². The third-order valence-corrected chi connectivity index (χ3v) is 3.95. The molecule has 2 N–H and O–H groups in total. The summed E-state index contributed by atoms with van der Waals surface area (Å²) in [5.41, 5.74) is 1.42. The molecule has 1 aromatic heterocycles. The Balaban J connectivity index is 1.87. The van der Waals surface area contributed by atoms with Gasteiger partial charge in [0.15, 0.2) is 0 Å². The van der Waals surface area contributed by atoms with Crippen molar-refractivity contribution in [3.8, 4) is 5.88 Å². The van der Waals surface area contributed by atoms with Crippen LogP contribution in [0.25, 0.3) is 0 Å². The molecule has 0 saturated carbocycles. The zero-order valence-electron chi connectivity index (χ0n) is 14.4. The Labute approximate surface area is 138 Å². The fourth-order valence-electron chi connectivity index (χ4n) is 2.83. The maximum absolute atomic E-state index is 12.2. The molecule has 2 rings (SSSR count). The molecule has 0 spiro atoms. The molecule has 0 radical (unpaired) electrons. The number of nitrogens with zero attached hydrogens (tertiary/aromatic N) is 1. The number of aryl methyl sites for hydroxylation is 1. The van der Waals surface area contributed by atoms with Crippen molar-refractivity contribution < 1.29 is 14.3 Å². The SMILES string of the molecule is COc1ccc(NC(=O)NC2CCOC(CC(C)C)C2)c(C)n1. The normalized spacial score (nSPS) is 21.1. The largest absolute Gasteiger partial charge is 0.481 e. The molecule has 23 heavy (non-hydrogen) atoms. The molecule has 6 heteroatoms. The summed E-state index contributed by atoms with van der Waals surface area (Å²) in [6.07, 6.45) is 2.98. The van der Waals surface area contributed by atoms with Crippen molar-refractivity contribution >= 4 is 11.7 Å². The average Bonchev–Trinajstić information content (AvgIpc) is 2.49. The molecule has 2 atom stereocenters. The van der Waals surface area contributed by atoms with E-state index in [9.17, 15) is 4.79 Å². The lowest BCUT2D eigenvalue weighted by Gasteiger charge is -2.31. The second-order valence-electron chi connectivity index (χ2n) is 6.43. The molecule has 1 saturated heterocycles. The Morgan fingerprint density at radius 1 is 1.48 bits per heavy atom. The highest BCUT2D eigenvalue weighted by Gasteiger charge is 2.24. The summed E-state index contributed by atoms with van der Waals surface area (Å²) >= 11 is 0. The summed E-state index contributed by atoms with van der Waals surface area (Å²) in [6.45, 7) is 6.91. The molecule has 2 amide bonds. The highest BCUT2D eigenvalue weighted by molar-refractivity contribution is 5.90. The van der Waals surface area contributed by atoms with E-state index in [2.05, 4.69) is 29.5 Å². The predicted molar refractivity (Wildman–Crippen MR) is 89.9 cm³/mol.